The van der Waals surface area contributed by atoms with E-state index in [2.05, 4.69) is 15.6 Å². The van der Waals surface area contributed by atoms with E-state index in [9.17, 15) is 54.6 Å². The SMILES string of the molecule is CO[C@H]1[C@H](C)OC(NC2=CC(=O)c3c(cc4c(c3O)C(=O)[C@]3(OC)[C@H](O)Cc5cc(C)c(C(=O)Nc6cccnc6)c(O)c5[C@]3(O)C4=O)C2=O)C(CO)[C@@H]1O.Cl. The van der Waals surface area contributed by atoms with Gasteiger partial charge in [0.1, 0.15) is 23.8 Å². The van der Waals surface area contributed by atoms with Crippen molar-refractivity contribution in [1.29, 1.82) is 0 Å². The number of rotatable bonds is 7. The molecule has 0 saturated carbocycles. The first-order valence-corrected chi connectivity index (χ1v) is 17.2. The van der Waals surface area contributed by atoms with Gasteiger partial charge < -0.3 is 55.5 Å². The van der Waals surface area contributed by atoms with Crippen LogP contribution in [-0.2, 0) is 26.2 Å². The van der Waals surface area contributed by atoms with Crippen LogP contribution in [0.1, 0.15) is 75.4 Å². The number of phenolic OH excluding ortho intramolecular Hbond substituents is 2. The van der Waals surface area contributed by atoms with E-state index < -0.39 is 135 Å². The van der Waals surface area contributed by atoms with E-state index in [0.29, 0.717) is 0 Å². The lowest BCUT2D eigenvalue weighted by molar-refractivity contribution is -0.214. The predicted molar refractivity (Wildman–Crippen MR) is 194 cm³/mol. The minimum absolute atomic E-state index is 0. The van der Waals surface area contributed by atoms with Crippen molar-refractivity contribution >= 4 is 47.1 Å². The number of phenols is 2. The van der Waals surface area contributed by atoms with Crippen LogP contribution in [0.25, 0.3) is 0 Å². The molecule has 56 heavy (non-hydrogen) atoms. The highest BCUT2D eigenvalue weighted by Crippen LogP contribution is 2.56. The van der Waals surface area contributed by atoms with Gasteiger partial charge in [0, 0.05) is 49.6 Å². The molecule has 1 amide bonds. The van der Waals surface area contributed by atoms with E-state index in [1.807, 2.05) is 0 Å². The fraction of sp³-hybridized carbons (Fsp3) is 0.368. The molecule has 2 aromatic carbocycles. The molecule has 0 radical (unpaired) electrons. The summed E-state index contributed by atoms with van der Waals surface area (Å²) in [5.74, 6) is -8.64. The van der Waals surface area contributed by atoms with Crippen LogP contribution in [0.2, 0.25) is 0 Å². The van der Waals surface area contributed by atoms with Gasteiger partial charge in [0.15, 0.2) is 17.0 Å². The molecule has 18 heteroatoms. The first-order chi connectivity index (χ1) is 26.1. The Labute approximate surface area is 324 Å². The summed E-state index contributed by atoms with van der Waals surface area (Å²) >= 11 is 0. The average Bonchev–Trinajstić information content (AvgIpc) is 3.13. The number of carbonyl (C=O) groups is 5. The second kappa shape index (κ2) is 14.4. The molecule has 1 fully saturated rings. The highest BCUT2D eigenvalue weighted by Gasteiger charge is 2.72. The number of amides is 1. The zero-order chi connectivity index (χ0) is 39.9. The van der Waals surface area contributed by atoms with Gasteiger partial charge in [0.2, 0.25) is 17.3 Å². The third-order valence-corrected chi connectivity index (χ3v) is 11.0. The summed E-state index contributed by atoms with van der Waals surface area (Å²) in [4.78, 5) is 74.5. The fourth-order valence-electron chi connectivity index (χ4n) is 8.45. The van der Waals surface area contributed by atoms with Crippen LogP contribution in [0.5, 0.6) is 11.5 Å². The zero-order valence-electron chi connectivity index (χ0n) is 30.2. The number of halogens is 1. The maximum absolute atomic E-state index is 14.8. The number of aryl methyl sites for hydroxylation is 1. The summed E-state index contributed by atoms with van der Waals surface area (Å²) in [5.41, 5.74) is -10.0. The van der Waals surface area contributed by atoms with E-state index >= 15 is 0 Å². The lowest BCUT2D eigenvalue weighted by Gasteiger charge is -2.53. The van der Waals surface area contributed by atoms with Gasteiger partial charge in [-0.15, -0.1) is 12.4 Å². The number of hydrogen-bond acceptors (Lipinski definition) is 16. The van der Waals surface area contributed by atoms with E-state index in [-0.39, 0.29) is 34.8 Å². The van der Waals surface area contributed by atoms with Crippen molar-refractivity contribution in [3.05, 3.63) is 92.9 Å². The summed E-state index contributed by atoms with van der Waals surface area (Å²) in [6.07, 6.45) is -2.88. The fourth-order valence-corrected chi connectivity index (χ4v) is 8.45. The van der Waals surface area contributed by atoms with E-state index in [1.165, 1.54) is 38.6 Å². The maximum atomic E-state index is 14.8. The highest BCUT2D eigenvalue weighted by atomic mass is 35.5. The summed E-state index contributed by atoms with van der Waals surface area (Å²) in [6, 6.07) is 5.27. The van der Waals surface area contributed by atoms with Gasteiger partial charge in [-0.25, -0.2) is 0 Å². The van der Waals surface area contributed by atoms with Crippen molar-refractivity contribution in [1.82, 2.24) is 10.3 Å². The second-order valence-corrected chi connectivity index (χ2v) is 13.9. The molecule has 7 rings (SSSR count). The van der Waals surface area contributed by atoms with Crippen LogP contribution in [0.4, 0.5) is 5.69 Å². The smallest absolute Gasteiger partial charge is 0.259 e. The van der Waals surface area contributed by atoms with Crippen LogP contribution < -0.4 is 10.6 Å². The minimum Gasteiger partial charge on any atom is -0.507 e. The molecule has 8 atom stereocenters. The highest BCUT2D eigenvalue weighted by molar-refractivity contribution is 6.31. The van der Waals surface area contributed by atoms with Gasteiger partial charge in [-0.1, -0.05) is 6.07 Å². The molecular weight excluding hydrogens is 758 g/mol. The first kappa shape index (κ1) is 40.6. The number of pyridine rings is 1. The number of anilines is 1. The van der Waals surface area contributed by atoms with Crippen LogP contribution in [0, 0.1) is 12.8 Å². The predicted octanol–water partition coefficient (Wildman–Crippen LogP) is 0.626. The first-order valence-electron chi connectivity index (χ1n) is 17.2. The molecular formula is C38H38ClN3O14. The number of hydrogen-bond donors (Lipinski definition) is 8. The Hall–Kier alpha value is -5.11. The second-order valence-electron chi connectivity index (χ2n) is 13.9. The average molecular weight is 796 g/mol. The summed E-state index contributed by atoms with van der Waals surface area (Å²) in [6.45, 7) is 2.44. The van der Waals surface area contributed by atoms with Crippen molar-refractivity contribution in [3.8, 4) is 11.5 Å². The Balaban J connectivity index is 0.00000532. The van der Waals surface area contributed by atoms with Gasteiger partial charge in [-0.2, -0.15) is 0 Å². The quantitative estimate of drug-likeness (QED) is 0.163. The van der Waals surface area contributed by atoms with Crippen molar-refractivity contribution < 1.29 is 68.8 Å². The number of aliphatic hydroxyl groups is 4. The van der Waals surface area contributed by atoms with Crippen molar-refractivity contribution in [2.24, 2.45) is 5.92 Å². The number of carbonyl (C=O) groups excluding carboxylic acids is 5. The molecule has 1 aromatic heterocycles. The molecule has 3 aromatic rings. The largest absolute Gasteiger partial charge is 0.507 e. The lowest BCUT2D eigenvalue weighted by atomic mass is 9.56. The molecule has 4 aliphatic rings. The van der Waals surface area contributed by atoms with Crippen LogP contribution in [0.15, 0.2) is 48.4 Å². The molecule has 296 valence electrons. The summed E-state index contributed by atoms with van der Waals surface area (Å²) in [5, 5.41) is 73.7. The number of aliphatic hydroxyl groups excluding tert-OH is 3. The van der Waals surface area contributed by atoms with Gasteiger partial charge in [0.25, 0.3) is 5.91 Å². The molecule has 8 N–H and O–H groups in total. The Morgan fingerprint density at radius 1 is 1.05 bits per heavy atom. The van der Waals surface area contributed by atoms with Crippen molar-refractivity contribution in [3.63, 3.8) is 0 Å². The number of ketones is 4. The third kappa shape index (κ3) is 5.49. The van der Waals surface area contributed by atoms with E-state index in [0.717, 1.165) is 19.3 Å². The number of aromatic hydroxyl groups is 2. The maximum Gasteiger partial charge on any atom is 0.259 e. The Morgan fingerprint density at radius 2 is 1.77 bits per heavy atom. The topological polar surface area (TPSA) is 271 Å². The molecule has 2 heterocycles. The Bertz CT molecular complexity index is 2230. The summed E-state index contributed by atoms with van der Waals surface area (Å²) < 4.78 is 16.7. The molecule has 0 bridgehead atoms. The van der Waals surface area contributed by atoms with Crippen LogP contribution in [0.3, 0.4) is 0 Å². The third-order valence-electron chi connectivity index (χ3n) is 11.0. The number of nitrogens with one attached hydrogen (secondary N) is 2. The molecule has 17 nitrogen and oxygen atoms in total. The van der Waals surface area contributed by atoms with Crippen LogP contribution in [-0.4, -0.2) is 122 Å². The van der Waals surface area contributed by atoms with E-state index in [1.54, 1.807) is 13.0 Å². The van der Waals surface area contributed by atoms with E-state index in [4.69, 9.17) is 14.2 Å². The van der Waals surface area contributed by atoms with Gasteiger partial charge >= 0.3 is 0 Å². The van der Waals surface area contributed by atoms with Gasteiger partial charge in [0.05, 0.1) is 65.1 Å². The number of fused-ring (bicyclic) bond motifs is 5. The standard InChI is InChI=1S/C38H37N3O14.ClH/c1-14-8-16-9-23(44)38(54-4)34(50)26-19(33(49)37(38,52)27(16)31(48)24(14)35(51)40-17-6-5-7-39-12-17)10-18-25(30(26)47)22(43)11-21(28(18)45)41-36-20(13-42)29(46)32(53-3)15(2)55-36;/h5-8,10-12,15,20,23,29,32,36,41-42,44,46-48,52H,9,13H2,1-4H3,(H,40,51);1H/t15-,20?,23+,29-,32-,36?,37-,38+;/m0./s1. The molecule has 2 unspecified atom stereocenters. The molecule has 1 aliphatic heterocycles. The van der Waals surface area contributed by atoms with Crippen LogP contribution >= 0.6 is 12.4 Å². The minimum atomic E-state index is -3.27. The Morgan fingerprint density at radius 3 is 2.39 bits per heavy atom. The van der Waals surface area contributed by atoms with Crippen molar-refractivity contribution in [2.45, 2.75) is 62.1 Å². The molecule has 0 spiro atoms. The van der Waals surface area contributed by atoms with Gasteiger partial charge in [-0.05, 0) is 43.2 Å². The number of aromatic nitrogens is 1. The number of allylic oxidation sites excluding steroid dienone is 2. The number of ether oxygens (including phenoxy) is 3. The number of methoxy groups -OCH3 is 2. The van der Waals surface area contributed by atoms with Gasteiger partial charge in [-0.3, -0.25) is 29.0 Å². The lowest BCUT2D eigenvalue weighted by Crippen LogP contribution is -2.73. The summed E-state index contributed by atoms with van der Waals surface area (Å²) in [7, 11) is 2.26. The number of benzene rings is 2. The number of nitrogens with zero attached hydrogens (tertiary/aromatic N) is 1. The monoisotopic (exact) mass is 795 g/mol. The Kier molecular flexibility index (Phi) is 10.5. The number of Topliss-reactive ketones (excluding diaryl/α,β-unsaturated/α-hetero) is 3. The molecule has 1 saturated heterocycles. The zero-order valence-corrected chi connectivity index (χ0v) is 31.0. The van der Waals surface area contributed by atoms with Crippen molar-refractivity contribution in [2.75, 3.05) is 26.1 Å². The normalized spacial score (nSPS) is 29.2. The molecule has 3 aliphatic carbocycles.